The van der Waals surface area contributed by atoms with Gasteiger partial charge in [-0.25, -0.2) is 9.59 Å². The number of nitrogens with zero attached hydrogens (tertiary/aromatic N) is 6. The number of hydrogen-bond donors (Lipinski definition) is 8. The van der Waals surface area contributed by atoms with E-state index in [0.29, 0.717) is 33.4 Å². The summed E-state index contributed by atoms with van der Waals surface area (Å²) in [5.41, 5.74) is 4.25. The standard InChI is InChI=1S/2C21H15NO6.2C16H13NO6.C16H15NO5.C14H11NO5/c1-13-7-9-14(10-8-13)19(23)16-11-17(22(26)27)20(24)18(12-16)28-21(25)15-5-3-2-4-6-15;1-13-7-9-14(10-8-13)19(24)16-11-17(22(26)27)20(18(23)12-16)28-21(25)15-5-3-2-4-6-15;1-9-3-5-11(6-4-9)15(19)12-7-13(17(21)22)16(20)14(8-12)23-10(2)18;1-9-3-5-11(6-4-9)15(20)12-7-13(17(21)22)16(14(19)8-12)23-10(2)18;1-10-2-4-11(5-3-10)16(20)12-6-13(8-18)14(9-19)15(7-12)17(21)22;1-8-2-4-9(5-3-8)13(17)10-6-11(15(19)20)14(18)12(16)7-10/h2-12,24H,1H3;2-12,23H,1H3;3-8,20H,1-2H3;3-8,19H,1-2H3;2-7,18-19H,8-9H2,1H3;2-7,16,18H,1H3. The van der Waals surface area contributed by atoms with Crippen LogP contribution in [0.1, 0.15) is 175 Å². The van der Waals surface area contributed by atoms with Crippen LogP contribution in [-0.2, 0) is 22.8 Å². The molecule has 732 valence electrons. The molecule has 0 fully saturated rings. The van der Waals surface area contributed by atoms with E-state index in [1.165, 1.54) is 30.3 Å². The summed E-state index contributed by atoms with van der Waals surface area (Å²) in [5.74, 6) is -12.7. The fraction of sp³-hybridized carbons (Fsp3) is 0.0962. The van der Waals surface area contributed by atoms with E-state index in [1.807, 2.05) is 41.5 Å². The molecule has 0 radical (unpaired) electrons. The van der Waals surface area contributed by atoms with Crippen molar-refractivity contribution in [2.75, 3.05) is 0 Å². The summed E-state index contributed by atoms with van der Waals surface area (Å²) < 4.78 is 19.5. The predicted octanol–water partition coefficient (Wildman–Crippen LogP) is 18.3. The number of ketones is 6. The van der Waals surface area contributed by atoms with E-state index in [-0.39, 0.29) is 67.1 Å². The second-order valence-electron chi connectivity index (χ2n) is 31.1. The second-order valence-corrected chi connectivity index (χ2v) is 31.1. The largest absolute Gasteiger partial charge is 0.504 e. The summed E-state index contributed by atoms with van der Waals surface area (Å²) in [5, 5.41) is 144. The molecule has 0 spiro atoms. The number of ether oxygens (including phenoxy) is 4. The van der Waals surface area contributed by atoms with E-state index in [1.54, 1.807) is 182 Å². The minimum Gasteiger partial charge on any atom is -0.504 e. The van der Waals surface area contributed by atoms with E-state index in [9.17, 15) is 149 Å². The Morgan fingerprint density at radius 1 is 0.243 bits per heavy atom. The summed E-state index contributed by atoms with van der Waals surface area (Å²) in [7, 11) is 0. The maximum absolute atomic E-state index is 12.7. The highest BCUT2D eigenvalue weighted by Crippen LogP contribution is 2.44. The van der Waals surface area contributed by atoms with E-state index >= 15 is 0 Å². The van der Waals surface area contributed by atoms with Crippen LogP contribution in [0.15, 0.2) is 279 Å². The van der Waals surface area contributed by atoms with Crippen molar-refractivity contribution in [1.82, 2.24) is 0 Å². The Hall–Kier alpha value is -19.9. The van der Waals surface area contributed by atoms with Crippen molar-refractivity contribution in [3.63, 3.8) is 0 Å². The van der Waals surface area contributed by atoms with Crippen molar-refractivity contribution in [3.8, 4) is 57.5 Å². The van der Waals surface area contributed by atoms with Crippen LogP contribution in [0.4, 0.5) is 34.1 Å². The number of benzene rings is 14. The van der Waals surface area contributed by atoms with Gasteiger partial charge in [0.05, 0.1) is 59.4 Å². The molecule has 0 amide bonds. The molecule has 14 aromatic rings. The third kappa shape index (κ3) is 28.2. The predicted molar refractivity (Wildman–Crippen MR) is 514 cm³/mol. The van der Waals surface area contributed by atoms with Gasteiger partial charge in [-0.2, -0.15) is 0 Å². The normalized spacial score (nSPS) is 10.3. The van der Waals surface area contributed by atoms with Crippen molar-refractivity contribution in [2.45, 2.75) is 68.6 Å². The molecule has 40 heteroatoms. The van der Waals surface area contributed by atoms with Crippen molar-refractivity contribution < 1.29 is 137 Å². The van der Waals surface area contributed by atoms with Gasteiger partial charge in [-0.3, -0.25) is 99.0 Å². The molecule has 0 saturated heterocycles. The van der Waals surface area contributed by atoms with Crippen molar-refractivity contribution in [1.29, 1.82) is 0 Å². The van der Waals surface area contributed by atoms with E-state index in [0.717, 1.165) is 114 Å². The van der Waals surface area contributed by atoms with Crippen LogP contribution in [0.25, 0.3) is 0 Å². The van der Waals surface area contributed by atoms with Crippen LogP contribution in [-0.4, -0.2) is 129 Å². The fourth-order valence-corrected chi connectivity index (χ4v) is 13.0. The number of aliphatic hydroxyl groups is 2. The Kier molecular flexibility index (Phi) is 36.5. The highest BCUT2D eigenvalue weighted by Gasteiger charge is 2.33. The number of esters is 4. The molecule has 0 saturated carbocycles. The molecule has 0 atom stereocenters. The van der Waals surface area contributed by atoms with Gasteiger partial charge in [-0.15, -0.1) is 0 Å². The Balaban J connectivity index is 0.000000193. The first-order chi connectivity index (χ1) is 68.2. The maximum Gasteiger partial charge on any atom is 0.343 e. The van der Waals surface area contributed by atoms with Gasteiger partial charge in [-0.1, -0.05) is 215 Å². The average Bonchev–Trinajstić information content (AvgIpc) is 0.847. The van der Waals surface area contributed by atoms with E-state index < -0.39 is 181 Å². The molecule has 0 aliphatic rings. The smallest absolute Gasteiger partial charge is 0.343 e. The first-order valence-electron chi connectivity index (χ1n) is 42.1. The van der Waals surface area contributed by atoms with Crippen LogP contribution < -0.4 is 18.9 Å². The molecule has 14 aromatic carbocycles. The third-order valence-corrected chi connectivity index (χ3v) is 20.5. The lowest BCUT2D eigenvalue weighted by molar-refractivity contribution is -0.386. The van der Waals surface area contributed by atoms with Gasteiger partial charge in [0.1, 0.15) is 0 Å². The summed E-state index contributed by atoms with van der Waals surface area (Å²) in [6.45, 7) is 12.3. The van der Waals surface area contributed by atoms with Crippen LogP contribution in [0.5, 0.6) is 57.5 Å². The molecule has 0 bridgehead atoms. The summed E-state index contributed by atoms with van der Waals surface area (Å²) in [4.78, 5) is 183. The zero-order valence-corrected chi connectivity index (χ0v) is 76.8. The first kappa shape index (κ1) is 108. The van der Waals surface area contributed by atoms with E-state index in [2.05, 4.69) is 4.74 Å². The number of nitro benzene ring substituents is 6. The summed E-state index contributed by atoms with van der Waals surface area (Å²) in [6.07, 6.45) is 0. The SMILES string of the molecule is CC(=O)Oc1c(O)cc(C(=O)c2ccc(C)cc2)cc1[N+](=O)[O-].CC(=O)Oc1cc(C(=O)c2ccc(C)cc2)cc([N+](=O)[O-])c1O.Cc1ccc(C(=O)c2cc(CO)c(CO)c([N+](=O)[O-])c2)cc1.Cc1ccc(C(=O)c2cc(O)c(O)c([N+](=O)[O-])c2)cc1.Cc1ccc(C(=O)c2cc(O)c(OC(=O)c3ccccc3)c([N+](=O)[O-])c2)cc1.Cc1ccc(C(=O)c2cc(OC(=O)c3ccccc3)c(O)c([N+](=O)[O-])c2)cc1. The third-order valence-electron chi connectivity index (χ3n) is 20.5. The lowest BCUT2D eigenvalue weighted by Gasteiger charge is -2.09. The Morgan fingerprint density at radius 3 is 0.750 bits per heavy atom. The summed E-state index contributed by atoms with van der Waals surface area (Å²) >= 11 is 0. The van der Waals surface area contributed by atoms with Gasteiger partial charge < -0.3 is 59.8 Å². The highest BCUT2D eigenvalue weighted by molar-refractivity contribution is 6.14. The van der Waals surface area contributed by atoms with Crippen LogP contribution in [0.2, 0.25) is 0 Å². The number of aryl methyl sites for hydroxylation is 6. The van der Waals surface area contributed by atoms with Gasteiger partial charge >= 0.3 is 52.3 Å². The van der Waals surface area contributed by atoms with Crippen LogP contribution >= 0.6 is 0 Å². The fourth-order valence-electron chi connectivity index (χ4n) is 13.0. The quantitative estimate of drug-likeness (QED) is 0.00623. The number of nitro groups is 6. The summed E-state index contributed by atoms with van der Waals surface area (Å²) in [6, 6.07) is 68.4. The molecule has 0 aromatic heterocycles. The Labute approximate surface area is 814 Å². The van der Waals surface area contributed by atoms with Gasteiger partial charge in [0.15, 0.2) is 63.4 Å². The molecule has 0 heterocycles. The highest BCUT2D eigenvalue weighted by atomic mass is 16.7. The lowest BCUT2D eigenvalue weighted by Crippen LogP contribution is -2.11. The molecule has 144 heavy (non-hydrogen) atoms. The number of phenolic OH excluding ortho intramolecular Hbond substituents is 6. The minimum absolute atomic E-state index is 0.0213. The zero-order chi connectivity index (χ0) is 106. The first-order valence-corrected chi connectivity index (χ1v) is 42.1. The molecule has 0 aliphatic carbocycles. The molecular weight excluding hydrogens is 1880 g/mol. The number of carbonyl (C=O) groups is 10. The van der Waals surface area contributed by atoms with Crippen LogP contribution in [0.3, 0.4) is 0 Å². The molecule has 8 N–H and O–H groups in total. The number of carbonyl (C=O) groups excluding carboxylic acids is 10. The topological polar surface area (TPSA) is 628 Å². The second kappa shape index (κ2) is 48.7. The Morgan fingerprint density at radius 2 is 0.479 bits per heavy atom. The van der Waals surface area contributed by atoms with Gasteiger partial charge in [0.25, 0.3) is 5.69 Å². The number of aliphatic hydroxyl groups excluding tert-OH is 2. The van der Waals surface area contributed by atoms with Crippen molar-refractivity contribution in [3.05, 3.63) is 462 Å². The minimum atomic E-state index is -0.864. The van der Waals surface area contributed by atoms with Gasteiger partial charge in [0.2, 0.25) is 28.7 Å². The van der Waals surface area contributed by atoms with Gasteiger partial charge in [-0.05, 0) is 108 Å². The van der Waals surface area contributed by atoms with Gasteiger partial charge in [0, 0.05) is 117 Å². The monoisotopic (exact) mass is 1960 g/mol. The number of aromatic hydroxyl groups is 6. The lowest BCUT2D eigenvalue weighted by atomic mass is 9.96. The number of phenols is 6. The molecule has 0 aliphatic heterocycles. The zero-order valence-electron chi connectivity index (χ0n) is 76.8. The van der Waals surface area contributed by atoms with Crippen molar-refractivity contribution in [2.24, 2.45) is 0 Å². The number of hydrogen-bond acceptors (Lipinski definition) is 34. The molecule has 40 nitrogen and oxygen atoms in total. The van der Waals surface area contributed by atoms with Crippen LogP contribution in [0, 0.1) is 102 Å². The number of rotatable bonds is 26. The van der Waals surface area contributed by atoms with E-state index in [4.69, 9.17) is 14.2 Å². The average molecular weight is 1960 g/mol. The van der Waals surface area contributed by atoms with Crippen molar-refractivity contribution >= 4 is 92.7 Å². The molecule has 14 rings (SSSR count). The maximum atomic E-state index is 12.7. The molecule has 0 unspecified atom stereocenters. The molecular formula is C104H82N6O34. The Bertz CT molecular complexity index is 7360.